The van der Waals surface area contributed by atoms with E-state index in [0.29, 0.717) is 36.5 Å². The van der Waals surface area contributed by atoms with Crippen LogP contribution in [0.2, 0.25) is 0 Å². The smallest absolute Gasteiger partial charge is 0.419 e. The van der Waals surface area contributed by atoms with Crippen LogP contribution >= 0.6 is 0 Å². The summed E-state index contributed by atoms with van der Waals surface area (Å²) in [7, 11) is 2.81. The molecular weight excluding hydrogens is 548 g/mol. The number of aryl methyl sites for hydroxylation is 1. The number of phenolic OH excluding ortho intramolecular Hbond substituents is 1. The number of nitrogens with zero attached hydrogens (tertiary/aromatic N) is 3. The van der Waals surface area contributed by atoms with Crippen molar-refractivity contribution < 1.29 is 37.7 Å². The number of hydrogen-bond acceptors (Lipinski definition) is 8. The molecule has 2 fully saturated rings. The Morgan fingerprint density at radius 1 is 1.12 bits per heavy atom. The molecule has 0 spiro atoms. The van der Waals surface area contributed by atoms with Crippen molar-refractivity contribution in [2.24, 2.45) is 0 Å². The van der Waals surface area contributed by atoms with Gasteiger partial charge in [-0.1, -0.05) is 6.07 Å². The molecular formula is C31H37F2N3O6. The molecule has 42 heavy (non-hydrogen) atoms. The van der Waals surface area contributed by atoms with Crippen LogP contribution in [-0.4, -0.2) is 83.0 Å². The van der Waals surface area contributed by atoms with Gasteiger partial charge in [0.15, 0.2) is 0 Å². The molecule has 11 heteroatoms. The summed E-state index contributed by atoms with van der Waals surface area (Å²) in [6.45, 7) is 7.98. The van der Waals surface area contributed by atoms with Gasteiger partial charge in [-0.3, -0.25) is 14.4 Å². The Morgan fingerprint density at radius 3 is 2.50 bits per heavy atom. The standard InChI is InChI=1S/C31H37F2N3O6/c1-18-11-26(40-5)23(21-9-10-36(27(18)21)29(39)42-30(2,3)4)15-34-14-20-13-31(32,33)17-35(20)16-24(34)19-7-8-22(25(37)12-19)28(38)41-6/h7-12,20,24,37H,13-17H2,1-6H3/t20-,24-/m0/s1. The van der Waals surface area contributed by atoms with Gasteiger partial charge in [-0.2, -0.15) is 0 Å². The fraction of sp³-hybridized carbons (Fsp3) is 0.484. The number of benzene rings is 2. The van der Waals surface area contributed by atoms with Crippen molar-refractivity contribution in [3.63, 3.8) is 0 Å². The topological polar surface area (TPSA) is 93.5 Å². The summed E-state index contributed by atoms with van der Waals surface area (Å²) in [6.07, 6.45) is 0.932. The number of methoxy groups -OCH3 is 2. The molecule has 2 aromatic carbocycles. The average molecular weight is 586 g/mol. The van der Waals surface area contributed by atoms with E-state index in [2.05, 4.69) is 4.90 Å². The van der Waals surface area contributed by atoms with Gasteiger partial charge >= 0.3 is 12.1 Å². The van der Waals surface area contributed by atoms with Crippen molar-refractivity contribution in [3.8, 4) is 11.5 Å². The minimum absolute atomic E-state index is 0.0274. The first-order valence-electron chi connectivity index (χ1n) is 13.9. The zero-order chi connectivity index (χ0) is 30.6. The molecule has 2 aliphatic rings. The summed E-state index contributed by atoms with van der Waals surface area (Å²) >= 11 is 0. The van der Waals surface area contributed by atoms with Crippen molar-refractivity contribution in [1.82, 2.24) is 14.4 Å². The lowest BCUT2D eigenvalue weighted by molar-refractivity contribution is 0.00812. The van der Waals surface area contributed by atoms with Crippen LogP contribution in [0.3, 0.4) is 0 Å². The molecule has 3 aromatic rings. The summed E-state index contributed by atoms with van der Waals surface area (Å²) in [6, 6.07) is 7.70. The highest BCUT2D eigenvalue weighted by atomic mass is 19.3. The number of esters is 1. The number of piperazine rings is 1. The number of aromatic nitrogens is 1. The Labute approximate surface area is 243 Å². The highest BCUT2D eigenvalue weighted by Crippen LogP contribution is 2.42. The van der Waals surface area contributed by atoms with Crippen LogP contribution < -0.4 is 4.74 Å². The van der Waals surface area contributed by atoms with Gasteiger partial charge in [0.1, 0.15) is 22.7 Å². The van der Waals surface area contributed by atoms with E-state index in [4.69, 9.17) is 14.2 Å². The monoisotopic (exact) mass is 585 g/mol. The number of aromatic hydroxyl groups is 1. The second-order valence-corrected chi connectivity index (χ2v) is 12.2. The molecule has 1 N–H and O–H groups in total. The van der Waals surface area contributed by atoms with E-state index in [-0.39, 0.29) is 36.4 Å². The maximum absolute atomic E-state index is 14.5. The molecule has 2 aliphatic heterocycles. The Balaban J connectivity index is 1.57. The third-order valence-corrected chi connectivity index (χ3v) is 7.99. The van der Waals surface area contributed by atoms with Crippen LogP contribution in [0.4, 0.5) is 13.6 Å². The molecule has 5 rings (SSSR count). The molecule has 1 aromatic heterocycles. The molecule has 0 saturated carbocycles. The van der Waals surface area contributed by atoms with Crippen LogP contribution in [0.5, 0.6) is 11.5 Å². The van der Waals surface area contributed by atoms with Crippen molar-refractivity contribution in [2.45, 2.75) is 64.3 Å². The van der Waals surface area contributed by atoms with Crippen molar-refractivity contribution >= 4 is 23.0 Å². The third kappa shape index (κ3) is 5.67. The lowest BCUT2D eigenvalue weighted by Gasteiger charge is -2.44. The number of hydrogen-bond donors (Lipinski definition) is 1. The van der Waals surface area contributed by atoms with Crippen LogP contribution in [-0.2, 0) is 16.0 Å². The zero-order valence-corrected chi connectivity index (χ0v) is 24.7. The Bertz CT molecular complexity index is 1530. The predicted octanol–water partition coefficient (Wildman–Crippen LogP) is 5.50. The number of halogens is 2. The molecule has 0 unspecified atom stereocenters. The van der Waals surface area contributed by atoms with E-state index in [0.717, 1.165) is 16.5 Å². The quantitative estimate of drug-likeness (QED) is 0.393. The van der Waals surface area contributed by atoms with E-state index < -0.39 is 23.6 Å². The van der Waals surface area contributed by atoms with Crippen molar-refractivity contribution in [1.29, 1.82) is 0 Å². The largest absolute Gasteiger partial charge is 0.507 e. The lowest BCUT2D eigenvalue weighted by Crippen LogP contribution is -2.51. The lowest BCUT2D eigenvalue weighted by atomic mass is 9.96. The fourth-order valence-corrected chi connectivity index (χ4v) is 6.20. The van der Waals surface area contributed by atoms with Crippen LogP contribution in [0.25, 0.3) is 10.9 Å². The van der Waals surface area contributed by atoms with Crippen molar-refractivity contribution in [2.75, 3.05) is 33.9 Å². The minimum atomic E-state index is -2.79. The normalized spacial score (nSPS) is 20.9. The van der Waals surface area contributed by atoms with Gasteiger partial charge < -0.3 is 19.3 Å². The SMILES string of the molecule is COC(=O)c1ccc([C@@H]2CN3CC(F)(F)C[C@H]3CN2Cc2c(OC)cc(C)c3c2ccn3C(=O)OC(C)(C)C)cc1O. The number of rotatable bonds is 5. The molecule has 0 bridgehead atoms. The van der Waals surface area contributed by atoms with Gasteiger partial charge in [0.2, 0.25) is 0 Å². The number of ether oxygens (including phenoxy) is 3. The number of carbonyl (C=O) groups excluding carboxylic acids is 2. The molecule has 2 atom stereocenters. The molecule has 0 amide bonds. The predicted molar refractivity (Wildman–Crippen MR) is 152 cm³/mol. The average Bonchev–Trinajstić information content (AvgIpc) is 3.48. The highest BCUT2D eigenvalue weighted by Gasteiger charge is 2.49. The second-order valence-electron chi connectivity index (χ2n) is 12.2. The highest BCUT2D eigenvalue weighted by molar-refractivity contribution is 5.95. The van der Waals surface area contributed by atoms with Gasteiger partial charge in [-0.15, -0.1) is 0 Å². The maximum atomic E-state index is 14.5. The van der Waals surface area contributed by atoms with Gasteiger partial charge in [-0.25, -0.2) is 18.4 Å². The Morgan fingerprint density at radius 2 is 1.86 bits per heavy atom. The summed E-state index contributed by atoms with van der Waals surface area (Å²) in [4.78, 5) is 29.0. The summed E-state index contributed by atoms with van der Waals surface area (Å²) in [5.41, 5.74) is 2.34. The van der Waals surface area contributed by atoms with Gasteiger partial charge in [0, 0.05) is 55.3 Å². The van der Waals surface area contributed by atoms with E-state index in [1.54, 1.807) is 45.0 Å². The van der Waals surface area contributed by atoms with Crippen LogP contribution in [0.1, 0.15) is 60.3 Å². The number of phenols is 1. The molecule has 2 saturated heterocycles. The zero-order valence-electron chi connectivity index (χ0n) is 24.7. The van der Waals surface area contributed by atoms with Crippen molar-refractivity contribution in [3.05, 3.63) is 58.8 Å². The van der Waals surface area contributed by atoms with Gasteiger partial charge in [0.25, 0.3) is 5.92 Å². The molecule has 3 heterocycles. The van der Waals surface area contributed by atoms with E-state index >= 15 is 0 Å². The summed E-state index contributed by atoms with van der Waals surface area (Å²) in [5.74, 6) is -3.08. The molecule has 0 radical (unpaired) electrons. The van der Waals surface area contributed by atoms with Gasteiger partial charge in [0.05, 0.1) is 26.3 Å². The van der Waals surface area contributed by atoms with E-state index in [1.807, 2.05) is 19.1 Å². The van der Waals surface area contributed by atoms with Gasteiger partial charge in [-0.05, 0) is 63.1 Å². The van der Waals surface area contributed by atoms with Crippen LogP contribution in [0.15, 0.2) is 36.5 Å². The molecule has 0 aliphatic carbocycles. The van der Waals surface area contributed by atoms with E-state index in [9.17, 15) is 23.5 Å². The first-order chi connectivity index (χ1) is 19.7. The number of fused-ring (bicyclic) bond motifs is 2. The number of carbonyl (C=O) groups is 2. The van der Waals surface area contributed by atoms with Crippen LogP contribution in [0, 0.1) is 6.92 Å². The first-order valence-corrected chi connectivity index (χ1v) is 13.9. The first kappa shape index (κ1) is 29.8. The number of alkyl halides is 2. The maximum Gasteiger partial charge on any atom is 0.419 e. The molecule has 226 valence electrons. The summed E-state index contributed by atoms with van der Waals surface area (Å²) in [5, 5.41) is 11.4. The van der Waals surface area contributed by atoms with E-state index in [1.165, 1.54) is 23.8 Å². The fourth-order valence-electron chi connectivity index (χ4n) is 6.20. The Hall–Kier alpha value is -3.70. The minimum Gasteiger partial charge on any atom is -0.507 e. The summed E-state index contributed by atoms with van der Waals surface area (Å²) < 4.78 is 46.7. The Kier molecular flexibility index (Phi) is 7.69. The molecule has 9 nitrogen and oxygen atoms in total. The second kappa shape index (κ2) is 10.9. The third-order valence-electron chi connectivity index (χ3n) is 7.99.